The fraction of sp³-hybridized carbons (Fsp3) is 0.350. The van der Waals surface area contributed by atoms with Crippen LogP contribution in [0.3, 0.4) is 0 Å². The van der Waals surface area contributed by atoms with Crippen molar-refractivity contribution in [2.24, 2.45) is 0 Å². The summed E-state index contributed by atoms with van der Waals surface area (Å²) in [7, 11) is -3.74. The molecule has 5 nitrogen and oxygen atoms in total. The normalized spacial score (nSPS) is 12.5. The number of carbonyl (C=O) groups is 1. The number of aryl methyl sites for hydroxylation is 2. The van der Waals surface area contributed by atoms with Crippen molar-refractivity contribution in [1.29, 1.82) is 0 Å². The molecule has 2 aromatic carbocycles. The Morgan fingerprint density at radius 1 is 1.14 bits per heavy atom. The molecular weight excluding hydrogens is 419 g/mol. The standard InChI is InChI=1S/C20H24Cl2N2O3S/c1-5-18(16-8-6-13(2)10-14(16)3)23-20(25)12-24(28(4,26)27)19-11-15(21)7-9-17(19)22/h6-11,18H,5,12H2,1-4H3,(H,23,25). The summed E-state index contributed by atoms with van der Waals surface area (Å²) in [6.45, 7) is 5.58. The van der Waals surface area contributed by atoms with E-state index < -0.39 is 15.9 Å². The molecular formula is C20H24Cl2N2O3S. The highest BCUT2D eigenvalue weighted by molar-refractivity contribution is 7.92. The fourth-order valence-corrected chi connectivity index (χ4v) is 4.34. The molecule has 0 saturated heterocycles. The van der Waals surface area contributed by atoms with E-state index in [1.54, 1.807) is 6.07 Å². The van der Waals surface area contributed by atoms with Gasteiger partial charge in [-0.3, -0.25) is 9.10 Å². The Balaban J connectivity index is 2.27. The molecule has 1 atom stereocenters. The lowest BCUT2D eigenvalue weighted by atomic mass is 9.97. The number of nitrogens with one attached hydrogen (secondary N) is 1. The first-order chi connectivity index (χ1) is 13.0. The highest BCUT2D eigenvalue weighted by Crippen LogP contribution is 2.30. The third-order valence-corrected chi connectivity index (χ3v) is 6.09. The number of nitrogens with zero attached hydrogens (tertiary/aromatic N) is 1. The summed E-state index contributed by atoms with van der Waals surface area (Å²) in [5.74, 6) is -0.423. The van der Waals surface area contributed by atoms with Crippen molar-refractivity contribution in [2.75, 3.05) is 17.1 Å². The predicted molar refractivity (Wildman–Crippen MR) is 116 cm³/mol. The Kier molecular flexibility index (Phi) is 7.37. The minimum Gasteiger partial charge on any atom is -0.348 e. The first-order valence-corrected chi connectivity index (χ1v) is 11.4. The molecule has 8 heteroatoms. The number of benzene rings is 2. The van der Waals surface area contributed by atoms with Crippen molar-refractivity contribution < 1.29 is 13.2 Å². The molecule has 1 amide bonds. The smallest absolute Gasteiger partial charge is 0.241 e. The van der Waals surface area contributed by atoms with E-state index in [1.807, 2.05) is 32.9 Å². The summed E-state index contributed by atoms with van der Waals surface area (Å²) in [5.41, 5.74) is 3.39. The van der Waals surface area contributed by atoms with Crippen LogP contribution >= 0.6 is 23.2 Å². The van der Waals surface area contributed by atoms with Gasteiger partial charge < -0.3 is 5.32 Å². The Bertz CT molecular complexity index is 977. The highest BCUT2D eigenvalue weighted by atomic mass is 35.5. The molecule has 1 N–H and O–H groups in total. The lowest BCUT2D eigenvalue weighted by Crippen LogP contribution is -2.41. The van der Waals surface area contributed by atoms with Gasteiger partial charge in [-0.1, -0.05) is 53.9 Å². The van der Waals surface area contributed by atoms with E-state index in [0.717, 1.165) is 27.3 Å². The Labute approximate surface area is 176 Å². The zero-order valence-electron chi connectivity index (χ0n) is 16.3. The number of sulfonamides is 1. The van der Waals surface area contributed by atoms with Crippen LogP contribution in [0.4, 0.5) is 5.69 Å². The molecule has 0 aliphatic heterocycles. The summed E-state index contributed by atoms with van der Waals surface area (Å²) in [4.78, 5) is 12.7. The van der Waals surface area contributed by atoms with Gasteiger partial charge in [-0.25, -0.2) is 8.42 Å². The molecule has 28 heavy (non-hydrogen) atoms. The van der Waals surface area contributed by atoms with Crippen LogP contribution in [0.5, 0.6) is 0 Å². The molecule has 0 aromatic heterocycles. The lowest BCUT2D eigenvalue weighted by Gasteiger charge is -2.25. The zero-order chi connectivity index (χ0) is 21.1. The van der Waals surface area contributed by atoms with Crippen LogP contribution in [0.25, 0.3) is 0 Å². The fourth-order valence-electron chi connectivity index (χ4n) is 3.04. The molecule has 0 aliphatic rings. The van der Waals surface area contributed by atoms with Crippen molar-refractivity contribution in [3.63, 3.8) is 0 Å². The van der Waals surface area contributed by atoms with Gasteiger partial charge in [0, 0.05) is 5.02 Å². The quantitative estimate of drug-likeness (QED) is 0.678. The molecule has 0 heterocycles. The number of halogens is 2. The van der Waals surface area contributed by atoms with Crippen LogP contribution in [0.1, 0.15) is 36.1 Å². The maximum absolute atomic E-state index is 12.7. The second-order valence-electron chi connectivity index (χ2n) is 6.75. The largest absolute Gasteiger partial charge is 0.348 e. The van der Waals surface area contributed by atoms with Gasteiger partial charge >= 0.3 is 0 Å². The minimum absolute atomic E-state index is 0.173. The van der Waals surface area contributed by atoms with Gasteiger partial charge in [0.1, 0.15) is 6.54 Å². The van der Waals surface area contributed by atoms with Crippen molar-refractivity contribution in [2.45, 2.75) is 33.2 Å². The molecule has 152 valence electrons. The third-order valence-electron chi connectivity index (χ3n) is 4.41. The van der Waals surface area contributed by atoms with E-state index in [2.05, 4.69) is 11.4 Å². The first kappa shape index (κ1) is 22.5. The van der Waals surface area contributed by atoms with E-state index in [9.17, 15) is 13.2 Å². The van der Waals surface area contributed by atoms with Gasteiger partial charge in [0.25, 0.3) is 0 Å². The number of hydrogen-bond donors (Lipinski definition) is 1. The summed E-state index contributed by atoms with van der Waals surface area (Å²) in [6, 6.07) is 10.3. The third kappa shape index (κ3) is 5.63. The number of carbonyl (C=O) groups excluding carboxylic acids is 1. The molecule has 0 bridgehead atoms. The molecule has 0 fully saturated rings. The molecule has 0 saturated carbocycles. The van der Waals surface area contributed by atoms with E-state index in [1.165, 1.54) is 12.1 Å². The van der Waals surface area contributed by atoms with Crippen LogP contribution in [0.2, 0.25) is 10.0 Å². The topological polar surface area (TPSA) is 66.5 Å². The summed E-state index contributed by atoms with van der Waals surface area (Å²) in [5, 5.41) is 3.46. The van der Waals surface area contributed by atoms with Crippen LogP contribution in [-0.2, 0) is 14.8 Å². The molecule has 2 rings (SSSR count). The Morgan fingerprint density at radius 3 is 2.39 bits per heavy atom. The number of rotatable bonds is 7. The molecule has 1 unspecified atom stereocenters. The maximum Gasteiger partial charge on any atom is 0.241 e. The van der Waals surface area contributed by atoms with Gasteiger partial charge in [-0.05, 0) is 49.6 Å². The number of anilines is 1. The van der Waals surface area contributed by atoms with Crippen molar-refractivity contribution in [1.82, 2.24) is 5.32 Å². The van der Waals surface area contributed by atoms with Crippen LogP contribution in [0.15, 0.2) is 36.4 Å². The predicted octanol–water partition coefficient (Wildman–Crippen LogP) is 4.64. The monoisotopic (exact) mass is 442 g/mol. The zero-order valence-corrected chi connectivity index (χ0v) is 18.6. The van der Waals surface area contributed by atoms with Crippen molar-refractivity contribution in [3.05, 3.63) is 63.1 Å². The lowest BCUT2D eigenvalue weighted by molar-refractivity contribution is -0.120. The van der Waals surface area contributed by atoms with E-state index >= 15 is 0 Å². The number of amides is 1. The van der Waals surface area contributed by atoms with Gasteiger partial charge in [0.15, 0.2) is 0 Å². The SMILES string of the molecule is CCC(NC(=O)CN(c1cc(Cl)ccc1Cl)S(C)(=O)=O)c1ccc(C)cc1C. The van der Waals surface area contributed by atoms with Crippen LogP contribution < -0.4 is 9.62 Å². The van der Waals surface area contributed by atoms with Crippen molar-refractivity contribution in [3.8, 4) is 0 Å². The Morgan fingerprint density at radius 2 is 1.82 bits per heavy atom. The van der Waals surface area contributed by atoms with Gasteiger partial charge in [-0.15, -0.1) is 0 Å². The van der Waals surface area contributed by atoms with Gasteiger partial charge in [-0.2, -0.15) is 0 Å². The van der Waals surface area contributed by atoms with E-state index in [-0.39, 0.29) is 23.3 Å². The first-order valence-electron chi connectivity index (χ1n) is 8.82. The average molecular weight is 443 g/mol. The second-order valence-corrected chi connectivity index (χ2v) is 9.50. The van der Waals surface area contributed by atoms with E-state index in [4.69, 9.17) is 23.2 Å². The van der Waals surface area contributed by atoms with Gasteiger partial charge in [0.05, 0.1) is 23.0 Å². The van der Waals surface area contributed by atoms with Crippen molar-refractivity contribution >= 4 is 44.8 Å². The second kappa shape index (κ2) is 9.16. The van der Waals surface area contributed by atoms with Crippen LogP contribution in [0, 0.1) is 13.8 Å². The maximum atomic E-state index is 12.7. The van der Waals surface area contributed by atoms with Crippen LogP contribution in [-0.4, -0.2) is 27.1 Å². The summed E-state index contributed by atoms with van der Waals surface area (Å²) < 4.78 is 25.5. The molecule has 0 spiro atoms. The van der Waals surface area contributed by atoms with E-state index in [0.29, 0.717) is 11.4 Å². The van der Waals surface area contributed by atoms with Gasteiger partial charge in [0.2, 0.25) is 15.9 Å². The number of hydrogen-bond acceptors (Lipinski definition) is 3. The Hall–Kier alpha value is -1.76. The molecule has 0 aliphatic carbocycles. The summed E-state index contributed by atoms with van der Waals surface area (Å²) in [6.07, 6.45) is 1.70. The highest BCUT2D eigenvalue weighted by Gasteiger charge is 2.25. The summed E-state index contributed by atoms with van der Waals surface area (Å²) >= 11 is 12.1. The molecule has 0 radical (unpaired) electrons. The molecule has 2 aromatic rings. The average Bonchev–Trinajstić information content (AvgIpc) is 2.59. The minimum atomic E-state index is -3.74.